The van der Waals surface area contributed by atoms with Gasteiger partial charge < -0.3 is 14.5 Å². The molecule has 1 fully saturated rings. The van der Waals surface area contributed by atoms with Crippen molar-refractivity contribution in [3.05, 3.63) is 81.0 Å². The molecule has 0 unspecified atom stereocenters. The molecule has 2 amide bonds. The molecule has 0 bridgehead atoms. The lowest BCUT2D eigenvalue weighted by Gasteiger charge is -2.14. The van der Waals surface area contributed by atoms with Crippen LogP contribution in [-0.2, 0) is 4.79 Å². The van der Waals surface area contributed by atoms with Crippen LogP contribution in [0.3, 0.4) is 0 Å². The topological polar surface area (TPSA) is 88.8 Å². The van der Waals surface area contributed by atoms with E-state index in [1.165, 1.54) is 22.7 Å². The summed E-state index contributed by atoms with van der Waals surface area (Å²) >= 11 is 6.53. The summed E-state index contributed by atoms with van der Waals surface area (Å²) in [4.78, 5) is 39.3. The van der Waals surface area contributed by atoms with Gasteiger partial charge in [-0.25, -0.2) is 4.79 Å². The van der Waals surface area contributed by atoms with Crippen LogP contribution in [0.25, 0.3) is 17.0 Å². The van der Waals surface area contributed by atoms with E-state index in [1.807, 2.05) is 24.3 Å². The molecule has 32 heavy (non-hydrogen) atoms. The van der Waals surface area contributed by atoms with Crippen molar-refractivity contribution in [2.24, 2.45) is 0 Å². The van der Waals surface area contributed by atoms with Crippen LogP contribution in [0.15, 0.2) is 68.7 Å². The molecule has 1 aliphatic heterocycles. The van der Waals surface area contributed by atoms with Crippen molar-refractivity contribution in [1.82, 2.24) is 10.2 Å². The highest BCUT2D eigenvalue weighted by Gasteiger charge is 2.31. The second-order valence-corrected chi connectivity index (χ2v) is 8.53. The first-order valence-corrected chi connectivity index (χ1v) is 10.9. The normalized spacial score (nSPS) is 14.9. The number of para-hydroxylation sites is 1. The van der Waals surface area contributed by atoms with Gasteiger partial charge in [0.1, 0.15) is 21.2 Å². The molecule has 2 heterocycles. The van der Waals surface area contributed by atoms with E-state index >= 15 is 0 Å². The third kappa shape index (κ3) is 4.58. The Morgan fingerprint density at radius 3 is 2.81 bits per heavy atom. The Morgan fingerprint density at radius 2 is 2.00 bits per heavy atom. The van der Waals surface area contributed by atoms with Crippen molar-refractivity contribution in [3.8, 4) is 5.75 Å². The number of fused-ring (bicyclic) bond motifs is 1. The van der Waals surface area contributed by atoms with Gasteiger partial charge in [-0.15, -0.1) is 0 Å². The van der Waals surface area contributed by atoms with Crippen LogP contribution in [0.4, 0.5) is 0 Å². The summed E-state index contributed by atoms with van der Waals surface area (Å²) in [5, 5.41) is 3.30. The van der Waals surface area contributed by atoms with E-state index in [4.69, 9.17) is 21.4 Å². The average Bonchev–Trinajstić information content (AvgIpc) is 3.05. The minimum absolute atomic E-state index is 0.0907. The highest BCUT2D eigenvalue weighted by Crippen LogP contribution is 2.32. The van der Waals surface area contributed by atoms with Gasteiger partial charge in [0, 0.05) is 18.5 Å². The van der Waals surface area contributed by atoms with Crippen LogP contribution in [0.5, 0.6) is 5.75 Å². The van der Waals surface area contributed by atoms with Gasteiger partial charge in [0.05, 0.1) is 12.0 Å². The van der Waals surface area contributed by atoms with Crippen molar-refractivity contribution >= 4 is 57.2 Å². The van der Waals surface area contributed by atoms with E-state index in [-0.39, 0.29) is 24.6 Å². The summed E-state index contributed by atoms with van der Waals surface area (Å²) in [6, 6.07) is 15.8. The van der Waals surface area contributed by atoms with E-state index in [0.29, 0.717) is 25.9 Å². The fraction of sp³-hybridized carbons (Fsp3) is 0.130. The van der Waals surface area contributed by atoms with E-state index in [2.05, 4.69) is 5.32 Å². The van der Waals surface area contributed by atoms with E-state index < -0.39 is 11.5 Å². The molecular formula is C23H18N2O5S2. The molecule has 0 spiro atoms. The third-order valence-corrected chi connectivity index (χ3v) is 6.15. The lowest BCUT2D eigenvalue weighted by molar-refractivity contribution is -0.122. The number of carbonyl (C=O) groups is 2. The molecule has 0 aliphatic carbocycles. The molecule has 3 aromatic rings. The fourth-order valence-electron chi connectivity index (χ4n) is 3.17. The number of amides is 2. The number of thiocarbonyl (C=S) groups is 1. The number of hydrogen-bond donors (Lipinski definition) is 1. The molecule has 1 aliphatic rings. The Kier molecular flexibility index (Phi) is 6.38. The molecule has 162 valence electrons. The predicted molar refractivity (Wildman–Crippen MR) is 128 cm³/mol. The Hall–Kier alpha value is -3.43. The van der Waals surface area contributed by atoms with Crippen LogP contribution in [0.1, 0.15) is 15.9 Å². The van der Waals surface area contributed by atoms with Crippen LogP contribution in [0, 0.1) is 0 Å². The predicted octanol–water partition coefficient (Wildman–Crippen LogP) is 3.43. The Labute approximate surface area is 193 Å². The van der Waals surface area contributed by atoms with Gasteiger partial charge in [0.2, 0.25) is 0 Å². The van der Waals surface area contributed by atoms with E-state index in [1.54, 1.807) is 37.5 Å². The minimum atomic E-state index is -0.715. The number of nitrogens with zero attached hydrogens (tertiary/aromatic N) is 1. The van der Waals surface area contributed by atoms with Crippen LogP contribution < -0.4 is 15.7 Å². The molecule has 1 N–H and O–H groups in total. The SMILES string of the molecule is COc1cccc(/C=C2/SC(=S)N(CCNC(=O)c3cc4ccccc4oc3=O)C2=O)c1. The highest BCUT2D eigenvalue weighted by molar-refractivity contribution is 8.26. The van der Waals surface area contributed by atoms with Crippen molar-refractivity contribution in [2.75, 3.05) is 20.2 Å². The standard InChI is InChI=1S/C23H18N2O5S2/c1-29-16-7-4-5-14(11-16)12-19-21(27)25(23(31)32-19)10-9-24-20(26)17-13-15-6-2-3-8-18(15)30-22(17)28/h2-8,11-13H,9-10H2,1H3,(H,24,26)/b19-12+. The molecule has 0 saturated carbocycles. The number of benzene rings is 2. The van der Waals surface area contributed by atoms with Crippen molar-refractivity contribution in [1.29, 1.82) is 0 Å². The molecule has 9 heteroatoms. The number of carbonyl (C=O) groups excluding carboxylic acids is 2. The lowest BCUT2D eigenvalue weighted by atomic mass is 10.2. The first-order chi connectivity index (χ1) is 15.5. The molecule has 1 saturated heterocycles. The monoisotopic (exact) mass is 466 g/mol. The van der Waals surface area contributed by atoms with Gasteiger partial charge in [-0.1, -0.05) is 54.3 Å². The summed E-state index contributed by atoms with van der Waals surface area (Å²) in [7, 11) is 1.58. The number of methoxy groups -OCH3 is 1. The Balaban J connectivity index is 1.41. The molecule has 2 aromatic carbocycles. The molecular weight excluding hydrogens is 448 g/mol. The van der Waals surface area contributed by atoms with Crippen molar-refractivity contribution in [2.45, 2.75) is 0 Å². The second-order valence-electron chi connectivity index (χ2n) is 6.85. The maximum Gasteiger partial charge on any atom is 0.349 e. The quantitative estimate of drug-likeness (QED) is 0.338. The summed E-state index contributed by atoms with van der Waals surface area (Å²) in [5.41, 5.74) is 0.427. The lowest BCUT2D eigenvalue weighted by Crippen LogP contribution is -2.38. The van der Waals surface area contributed by atoms with Crippen LogP contribution >= 0.6 is 24.0 Å². The molecule has 4 rings (SSSR count). The van der Waals surface area contributed by atoms with E-state index in [9.17, 15) is 14.4 Å². The highest BCUT2D eigenvalue weighted by atomic mass is 32.2. The fourth-order valence-corrected chi connectivity index (χ4v) is 4.48. The van der Waals surface area contributed by atoms with Crippen LogP contribution in [-0.4, -0.2) is 41.2 Å². The number of rotatable bonds is 6. The zero-order valence-electron chi connectivity index (χ0n) is 17.0. The average molecular weight is 467 g/mol. The number of nitrogens with one attached hydrogen (secondary N) is 1. The van der Waals surface area contributed by atoms with Crippen LogP contribution in [0.2, 0.25) is 0 Å². The zero-order valence-corrected chi connectivity index (χ0v) is 18.6. The third-order valence-electron chi connectivity index (χ3n) is 4.77. The summed E-state index contributed by atoms with van der Waals surface area (Å²) in [5.74, 6) is -0.112. The van der Waals surface area contributed by atoms with Gasteiger partial charge in [-0.05, 0) is 35.9 Å². The maximum atomic E-state index is 12.8. The van der Waals surface area contributed by atoms with Crippen molar-refractivity contribution in [3.63, 3.8) is 0 Å². The van der Waals surface area contributed by atoms with Crippen molar-refractivity contribution < 1.29 is 18.7 Å². The van der Waals surface area contributed by atoms with Gasteiger partial charge in [0.25, 0.3) is 11.8 Å². The number of ether oxygens (including phenoxy) is 1. The number of hydrogen-bond acceptors (Lipinski definition) is 7. The van der Waals surface area contributed by atoms with Gasteiger partial charge in [-0.3, -0.25) is 14.5 Å². The maximum absolute atomic E-state index is 12.8. The van der Waals surface area contributed by atoms with Gasteiger partial charge >= 0.3 is 5.63 Å². The second kappa shape index (κ2) is 9.37. The smallest absolute Gasteiger partial charge is 0.349 e. The first-order valence-electron chi connectivity index (χ1n) is 9.67. The summed E-state index contributed by atoms with van der Waals surface area (Å²) < 4.78 is 10.8. The summed E-state index contributed by atoms with van der Waals surface area (Å²) in [6.45, 7) is 0.314. The summed E-state index contributed by atoms with van der Waals surface area (Å²) in [6.07, 6.45) is 1.75. The molecule has 1 aromatic heterocycles. The first kappa shape index (κ1) is 21.8. The number of thioether (sulfide) groups is 1. The zero-order chi connectivity index (χ0) is 22.7. The molecule has 7 nitrogen and oxygen atoms in total. The largest absolute Gasteiger partial charge is 0.497 e. The van der Waals surface area contributed by atoms with E-state index in [0.717, 1.165) is 5.56 Å². The Morgan fingerprint density at radius 1 is 1.19 bits per heavy atom. The van der Waals surface area contributed by atoms with Gasteiger partial charge in [0.15, 0.2) is 0 Å². The minimum Gasteiger partial charge on any atom is -0.497 e. The molecule has 0 atom stereocenters. The molecule has 0 radical (unpaired) electrons. The van der Waals surface area contributed by atoms with Gasteiger partial charge in [-0.2, -0.15) is 0 Å². The Bertz CT molecular complexity index is 1310.